The summed E-state index contributed by atoms with van der Waals surface area (Å²) in [4.78, 5) is 26.1. The van der Waals surface area contributed by atoms with Crippen molar-refractivity contribution in [3.8, 4) is 0 Å². The van der Waals surface area contributed by atoms with Gasteiger partial charge in [-0.1, -0.05) is 13.8 Å². The maximum atomic E-state index is 12.5. The number of aromatic nitrogens is 4. The fourth-order valence-electron chi connectivity index (χ4n) is 3.47. The topological polar surface area (TPSA) is 72.7 Å². The Kier molecular flexibility index (Phi) is 5.16. The molecular weight excluding hydrogens is 314 g/mol. The first-order valence-corrected chi connectivity index (χ1v) is 9.13. The van der Waals surface area contributed by atoms with Gasteiger partial charge in [0.05, 0.1) is 0 Å². The SMILES string of the molecule is Cc1nc(CCNC(=O)C(C)n2ccnc2C(C)C)nc2c1CCC2. The van der Waals surface area contributed by atoms with Crippen LogP contribution in [0.3, 0.4) is 0 Å². The number of imidazole rings is 1. The molecule has 0 radical (unpaired) electrons. The monoisotopic (exact) mass is 341 g/mol. The molecule has 6 heteroatoms. The van der Waals surface area contributed by atoms with Crippen molar-refractivity contribution in [2.45, 2.75) is 65.3 Å². The van der Waals surface area contributed by atoms with E-state index in [0.29, 0.717) is 13.0 Å². The first-order chi connectivity index (χ1) is 12.0. The fourth-order valence-corrected chi connectivity index (χ4v) is 3.47. The van der Waals surface area contributed by atoms with Gasteiger partial charge in [-0.25, -0.2) is 15.0 Å². The van der Waals surface area contributed by atoms with Crippen molar-refractivity contribution in [2.24, 2.45) is 0 Å². The smallest absolute Gasteiger partial charge is 0.242 e. The van der Waals surface area contributed by atoms with Gasteiger partial charge in [0.25, 0.3) is 0 Å². The standard InChI is InChI=1S/C19H27N5O/c1-12(2)18-20-10-11-24(18)14(4)19(25)21-9-8-17-22-13(3)15-6-5-7-16(15)23-17/h10-12,14H,5-9H2,1-4H3,(H,21,25). The van der Waals surface area contributed by atoms with E-state index in [-0.39, 0.29) is 17.9 Å². The van der Waals surface area contributed by atoms with Gasteiger partial charge in [-0.2, -0.15) is 0 Å². The molecule has 2 aromatic heterocycles. The van der Waals surface area contributed by atoms with E-state index in [2.05, 4.69) is 41.0 Å². The minimum Gasteiger partial charge on any atom is -0.354 e. The van der Waals surface area contributed by atoms with Crippen LogP contribution < -0.4 is 5.32 Å². The lowest BCUT2D eigenvalue weighted by Crippen LogP contribution is -2.33. The van der Waals surface area contributed by atoms with Gasteiger partial charge in [0.1, 0.15) is 17.7 Å². The van der Waals surface area contributed by atoms with Gasteiger partial charge in [0.2, 0.25) is 5.91 Å². The Morgan fingerprint density at radius 1 is 1.28 bits per heavy atom. The third-order valence-electron chi connectivity index (χ3n) is 4.85. The molecular formula is C19H27N5O. The second-order valence-corrected chi connectivity index (χ2v) is 7.07. The first-order valence-electron chi connectivity index (χ1n) is 9.13. The van der Waals surface area contributed by atoms with Gasteiger partial charge in [0, 0.05) is 42.7 Å². The molecule has 2 heterocycles. The average Bonchev–Trinajstić information content (AvgIpc) is 3.23. The van der Waals surface area contributed by atoms with E-state index in [1.54, 1.807) is 6.20 Å². The zero-order valence-electron chi connectivity index (χ0n) is 15.5. The molecule has 3 rings (SSSR count). The molecule has 0 aliphatic heterocycles. The van der Waals surface area contributed by atoms with Crippen molar-refractivity contribution in [3.63, 3.8) is 0 Å². The van der Waals surface area contributed by atoms with Crippen LogP contribution in [0, 0.1) is 6.92 Å². The molecule has 0 spiro atoms. The number of carbonyl (C=O) groups is 1. The third kappa shape index (κ3) is 3.72. The van der Waals surface area contributed by atoms with Crippen LogP contribution in [0.15, 0.2) is 12.4 Å². The fraction of sp³-hybridized carbons (Fsp3) is 0.579. The van der Waals surface area contributed by atoms with Crippen LogP contribution >= 0.6 is 0 Å². The van der Waals surface area contributed by atoms with Crippen LogP contribution in [0.4, 0.5) is 0 Å². The molecule has 0 fully saturated rings. The average molecular weight is 341 g/mol. The molecule has 0 saturated heterocycles. The minimum atomic E-state index is -0.275. The van der Waals surface area contributed by atoms with Gasteiger partial charge in [-0.05, 0) is 38.7 Å². The van der Waals surface area contributed by atoms with E-state index in [1.165, 1.54) is 17.7 Å². The van der Waals surface area contributed by atoms with Crippen LogP contribution in [-0.2, 0) is 24.1 Å². The second kappa shape index (κ2) is 7.33. The van der Waals surface area contributed by atoms with Crippen molar-refractivity contribution in [3.05, 3.63) is 41.0 Å². The highest BCUT2D eigenvalue weighted by atomic mass is 16.2. The normalized spacial score (nSPS) is 14.6. The van der Waals surface area contributed by atoms with Crippen LogP contribution in [0.25, 0.3) is 0 Å². The number of nitrogens with one attached hydrogen (secondary N) is 1. The molecule has 1 aliphatic carbocycles. The van der Waals surface area contributed by atoms with Crippen molar-refractivity contribution < 1.29 is 4.79 Å². The molecule has 1 aliphatic rings. The summed E-state index contributed by atoms with van der Waals surface area (Å²) in [6.07, 6.45) is 7.60. The molecule has 6 nitrogen and oxygen atoms in total. The summed E-state index contributed by atoms with van der Waals surface area (Å²) in [7, 11) is 0. The molecule has 1 N–H and O–H groups in total. The van der Waals surface area contributed by atoms with Gasteiger partial charge in [-0.15, -0.1) is 0 Å². The number of rotatable bonds is 6. The molecule has 1 amide bonds. The third-order valence-corrected chi connectivity index (χ3v) is 4.85. The molecule has 0 bridgehead atoms. The number of fused-ring (bicyclic) bond motifs is 1. The van der Waals surface area contributed by atoms with E-state index in [9.17, 15) is 4.79 Å². The number of carbonyl (C=O) groups excluding carboxylic acids is 1. The number of aryl methyl sites for hydroxylation is 2. The Labute approximate surface area is 149 Å². The Morgan fingerprint density at radius 2 is 2.08 bits per heavy atom. The Balaban J connectivity index is 1.58. The lowest BCUT2D eigenvalue weighted by molar-refractivity contribution is -0.123. The summed E-state index contributed by atoms with van der Waals surface area (Å²) in [5.74, 6) is 2.04. The number of hydrogen-bond acceptors (Lipinski definition) is 4. The minimum absolute atomic E-state index is 0.00205. The Bertz CT molecular complexity index is 765. The highest BCUT2D eigenvalue weighted by molar-refractivity contribution is 5.79. The maximum absolute atomic E-state index is 12.5. The molecule has 1 unspecified atom stereocenters. The summed E-state index contributed by atoms with van der Waals surface area (Å²) in [6, 6.07) is -0.275. The molecule has 25 heavy (non-hydrogen) atoms. The van der Waals surface area contributed by atoms with Crippen molar-refractivity contribution in [1.29, 1.82) is 0 Å². The molecule has 0 aromatic carbocycles. The van der Waals surface area contributed by atoms with E-state index < -0.39 is 0 Å². The summed E-state index contributed by atoms with van der Waals surface area (Å²) < 4.78 is 1.94. The quantitative estimate of drug-likeness (QED) is 0.876. The second-order valence-electron chi connectivity index (χ2n) is 7.07. The maximum Gasteiger partial charge on any atom is 0.242 e. The van der Waals surface area contributed by atoms with Crippen molar-refractivity contribution in [2.75, 3.05) is 6.54 Å². The summed E-state index contributed by atoms with van der Waals surface area (Å²) in [5.41, 5.74) is 3.61. The van der Waals surface area contributed by atoms with E-state index in [1.807, 2.05) is 17.7 Å². The van der Waals surface area contributed by atoms with Crippen LogP contribution in [0.2, 0.25) is 0 Å². The zero-order valence-corrected chi connectivity index (χ0v) is 15.5. The molecule has 0 saturated carbocycles. The van der Waals surface area contributed by atoms with Crippen LogP contribution in [-0.4, -0.2) is 32.0 Å². The number of nitrogens with zero attached hydrogens (tertiary/aromatic N) is 4. The van der Waals surface area contributed by atoms with Crippen LogP contribution in [0.1, 0.15) is 67.8 Å². The molecule has 1 atom stereocenters. The molecule has 134 valence electrons. The Morgan fingerprint density at radius 3 is 2.84 bits per heavy atom. The van der Waals surface area contributed by atoms with Crippen molar-refractivity contribution in [1.82, 2.24) is 24.8 Å². The van der Waals surface area contributed by atoms with E-state index in [4.69, 9.17) is 0 Å². The number of amides is 1. The number of hydrogen-bond donors (Lipinski definition) is 1. The van der Waals surface area contributed by atoms with Gasteiger partial charge in [-0.3, -0.25) is 4.79 Å². The van der Waals surface area contributed by atoms with Gasteiger partial charge in [0.15, 0.2) is 0 Å². The van der Waals surface area contributed by atoms with E-state index >= 15 is 0 Å². The van der Waals surface area contributed by atoms with Gasteiger partial charge >= 0.3 is 0 Å². The lowest BCUT2D eigenvalue weighted by atomic mass is 10.2. The summed E-state index contributed by atoms with van der Waals surface area (Å²) in [6.45, 7) is 8.67. The van der Waals surface area contributed by atoms with Crippen LogP contribution in [0.5, 0.6) is 0 Å². The molecule has 2 aromatic rings. The van der Waals surface area contributed by atoms with E-state index in [0.717, 1.165) is 30.2 Å². The zero-order chi connectivity index (χ0) is 18.0. The summed E-state index contributed by atoms with van der Waals surface area (Å²) in [5, 5.41) is 3.00. The highest BCUT2D eigenvalue weighted by Crippen LogP contribution is 2.22. The largest absolute Gasteiger partial charge is 0.354 e. The summed E-state index contributed by atoms with van der Waals surface area (Å²) >= 11 is 0. The first kappa shape index (κ1) is 17.6. The van der Waals surface area contributed by atoms with Gasteiger partial charge < -0.3 is 9.88 Å². The lowest BCUT2D eigenvalue weighted by Gasteiger charge is -2.17. The Hall–Kier alpha value is -2.24. The predicted molar refractivity (Wildman–Crippen MR) is 96.5 cm³/mol. The predicted octanol–water partition coefficient (Wildman–Crippen LogP) is 2.51. The van der Waals surface area contributed by atoms with Crippen molar-refractivity contribution >= 4 is 5.91 Å². The highest BCUT2D eigenvalue weighted by Gasteiger charge is 2.20.